The number of hydrogen-bond acceptors (Lipinski definition) is 7. The van der Waals surface area contributed by atoms with Gasteiger partial charge in [0.1, 0.15) is 5.69 Å². The normalized spacial score (nSPS) is 10.3. The number of aryl methyl sites for hydroxylation is 1. The number of nitrogens with two attached hydrogens (primary N) is 1. The first-order valence-corrected chi connectivity index (χ1v) is 7.22. The fraction of sp³-hybridized carbons (Fsp3) is 0.0909. The van der Waals surface area contributed by atoms with Crippen LogP contribution in [0, 0.1) is 17.0 Å². The molecule has 0 saturated carbocycles. The van der Waals surface area contributed by atoms with Crippen LogP contribution in [-0.2, 0) is 0 Å². The molecule has 110 valence electrons. The predicted molar refractivity (Wildman–Crippen MR) is 86.4 cm³/mol. The van der Waals surface area contributed by atoms with E-state index in [9.17, 15) is 10.1 Å². The van der Waals surface area contributed by atoms with Crippen molar-refractivity contribution in [3.63, 3.8) is 0 Å². The predicted octanol–water partition coefficient (Wildman–Crippen LogP) is 3.25. The Labute approximate surface area is 136 Å². The Morgan fingerprint density at radius 3 is 2.67 bits per heavy atom. The second-order valence-corrected chi connectivity index (χ2v) is 5.75. The van der Waals surface area contributed by atoms with E-state index in [1.165, 1.54) is 6.92 Å². The van der Waals surface area contributed by atoms with Gasteiger partial charge in [-0.15, -0.1) is 0 Å². The molecule has 0 bridgehead atoms. The summed E-state index contributed by atoms with van der Waals surface area (Å²) in [6.07, 6.45) is 0. The number of nitrogen functional groups attached to an aromatic ring is 1. The zero-order valence-electron chi connectivity index (χ0n) is 10.7. The Hall–Kier alpha value is -1.78. The summed E-state index contributed by atoms with van der Waals surface area (Å²) in [5, 5.41) is 14.1. The highest BCUT2D eigenvalue weighted by molar-refractivity contribution is 9.11. The minimum absolute atomic E-state index is 0.0549. The van der Waals surface area contributed by atoms with Gasteiger partial charge in [0.2, 0.25) is 11.8 Å². The lowest BCUT2D eigenvalue weighted by Crippen LogP contribution is -2.13. The van der Waals surface area contributed by atoms with E-state index in [4.69, 9.17) is 5.84 Å². The topological polar surface area (TPSA) is 119 Å². The molecule has 0 spiro atoms. The second-order valence-electron chi connectivity index (χ2n) is 3.98. The zero-order chi connectivity index (χ0) is 15.6. The molecule has 4 N–H and O–H groups in total. The molecule has 0 atom stereocenters. The van der Waals surface area contributed by atoms with Gasteiger partial charge < -0.3 is 5.32 Å². The maximum absolute atomic E-state index is 11.2. The Balaban J connectivity index is 2.54. The lowest BCUT2D eigenvalue weighted by atomic mass is 10.3. The molecule has 2 rings (SSSR count). The molecule has 21 heavy (non-hydrogen) atoms. The largest absolute Gasteiger partial charge is 0.333 e. The van der Waals surface area contributed by atoms with Crippen molar-refractivity contribution in [2.75, 3.05) is 10.7 Å². The zero-order valence-corrected chi connectivity index (χ0v) is 13.9. The number of halogens is 2. The van der Waals surface area contributed by atoms with Crippen LogP contribution in [0.4, 0.5) is 23.1 Å². The van der Waals surface area contributed by atoms with Crippen LogP contribution in [0.15, 0.2) is 27.1 Å². The summed E-state index contributed by atoms with van der Waals surface area (Å²) in [4.78, 5) is 18.6. The lowest BCUT2D eigenvalue weighted by Gasteiger charge is -2.11. The summed E-state index contributed by atoms with van der Waals surface area (Å²) in [6.45, 7) is 1.52. The molecule has 0 unspecified atom stereocenters. The van der Waals surface area contributed by atoms with Crippen LogP contribution in [0.3, 0.4) is 0 Å². The molecule has 0 fully saturated rings. The molecule has 0 saturated heterocycles. The molecule has 1 heterocycles. The average molecular weight is 418 g/mol. The van der Waals surface area contributed by atoms with Gasteiger partial charge in [-0.1, -0.05) is 15.9 Å². The van der Waals surface area contributed by atoms with Crippen molar-refractivity contribution in [2.45, 2.75) is 6.92 Å². The minimum Gasteiger partial charge on any atom is -0.333 e. The summed E-state index contributed by atoms with van der Waals surface area (Å²) in [5.41, 5.74) is 2.90. The van der Waals surface area contributed by atoms with Crippen LogP contribution in [0.2, 0.25) is 0 Å². The number of anilines is 3. The number of hydrazine groups is 1. The first-order valence-electron chi connectivity index (χ1n) is 5.64. The number of nitrogens with zero attached hydrogens (tertiary/aromatic N) is 3. The molecular formula is C11H10Br2N6O2. The highest BCUT2D eigenvalue weighted by Gasteiger charge is 2.22. The third-order valence-corrected chi connectivity index (χ3v) is 3.74. The molecule has 0 aliphatic heterocycles. The van der Waals surface area contributed by atoms with Gasteiger partial charge in [0.25, 0.3) is 0 Å². The van der Waals surface area contributed by atoms with Crippen LogP contribution in [0.5, 0.6) is 0 Å². The van der Waals surface area contributed by atoms with E-state index in [1.54, 1.807) is 12.1 Å². The SMILES string of the molecule is Cc1nc(NN)nc(Nc2cc(Br)ccc2Br)c1[N+](=O)[O-]. The van der Waals surface area contributed by atoms with Crippen molar-refractivity contribution in [2.24, 2.45) is 5.84 Å². The number of nitro groups is 1. The maximum atomic E-state index is 11.2. The van der Waals surface area contributed by atoms with Gasteiger partial charge >= 0.3 is 5.69 Å². The number of aromatic nitrogens is 2. The lowest BCUT2D eigenvalue weighted by molar-refractivity contribution is -0.385. The van der Waals surface area contributed by atoms with Crippen molar-refractivity contribution < 1.29 is 4.92 Å². The van der Waals surface area contributed by atoms with Crippen LogP contribution < -0.4 is 16.6 Å². The van der Waals surface area contributed by atoms with Gasteiger partial charge in [0, 0.05) is 8.95 Å². The molecular weight excluding hydrogens is 408 g/mol. The molecule has 0 radical (unpaired) electrons. The van der Waals surface area contributed by atoms with Crippen molar-refractivity contribution in [3.05, 3.63) is 43.0 Å². The molecule has 0 aliphatic rings. The Morgan fingerprint density at radius 2 is 2.05 bits per heavy atom. The van der Waals surface area contributed by atoms with Gasteiger partial charge in [-0.05, 0) is 41.1 Å². The highest BCUT2D eigenvalue weighted by atomic mass is 79.9. The fourth-order valence-electron chi connectivity index (χ4n) is 1.66. The summed E-state index contributed by atoms with van der Waals surface area (Å²) in [7, 11) is 0. The van der Waals surface area contributed by atoms with Gasteiger partial charge in [-0.25, -0.2) is 10.8 Å². The first-order chi connectivity index (χ1) is 9.92. The number of nitrogens with one attached hydrogen (secondary N) is 2. The summed E-state index contributed by atoms with van der Waals surface area (Å²) in [5.74, 6) is 5.42. The van der Waals surface area contributed by atoms with E-state index in [2.05, 4.69) is 52.6 Å². The summed E-state index contributed by atoms with van der Waals surface area (Å²) >= 11 is 6.71. The number of benzene rings is 1. The van der Waals surface area contributed by atoms with Crippen molar-refractivity contribution in [1.82, 2.24) is 9.97 Å². The minimum atomic E-state index is -0.538. The van der Waals surface area contributed by atoms with Crippen molar-refractivity contribution in [3.8, 4) is 0 Å². The molecule has 1 aromatic heterocycles. The summed E-state index contributed by atoms with van der Waals surface area (Å²) in [6, 6.07) is 5.40. The van der Waals surface area contributed by atoms with Crippen molar-refractivity contribution >= 4 is 55.0 Å². The van der Waals surface area contributed by atoms with E-state index in [-0.39, 0.29) is 23.1 Å². The average Bonchev–Trinajstić information content (AvgIpc) is 2.41. The molecule has 8 nitrogen and oxygen atoms in total. The first kappa shape index (κ1) is 15.6. The molecule has 2 aromatic rings. The second kappa shape index (κ2) is 6.33. The Kier molecular flexibility index (Phi) is 4.70. The van der Waals surface area contributed by atoms with Crippen LogP contribution >= 0.6 is 31.9 Å². The molecule has 0 aliphatic carbocycles. The fourth-order valence-corrected chi connectivity index (χ4v) is 2.36. The number of hydrogen-bond donors (Lipinski definition) is 3. The smallest absolute Gasteiger partial charge is 0.332 e. The van der Waals surface area contributed by atoms with Gasteiger partial charge in [-0.3, -0.25) is 15.5 Å². The van der Waals surface area contributed by atoms with Gasteiger partial charge in [0.05, 0.1) is 10.6 Å². The van der Waals surface area contributed by atoms with Crippen LogP contribution in [0.25, 0.3) is 0 Å². The van der Waals surface area contributed by atoms with E-state index < -0.39 is 4.92 Å². The molecule has 1 aromatic carbocycles. The number of rotatable bonds is 4. The van der Waals surface area contributed by atoms with E-state index >= 15 is 0 Å². The summed E-state index contributed by atoms with van der Waals surface area (Å²) < 4.78 is 1.55. The monoisotopic (exact) mass is 416 g/mol. The Morgan fingerprint density at radius 1 is 1.33 bits per heavy atom. The standard InChI is InChI=1S/C11H10Br2N6O2/c1-5-9(19(20)21)10(17-11(15-5)18-14)16-8-4-6(12)2-3-7(8)13/h2-4H,14H2,1H3,(H2,15,16,17,18). The van der Waals surface area contributed by atoms with E-state index in [1.807, 2.05) is 6.07 Å². The van der Waals surface area contributed by atoms with Crippen LogP contribution in [0.1, 0.15) is 5.69 Å². The van der Waals surface area contributed by atoms with E-state index in [0.29, 0.717) is 5.69 Å². The molecule has 0 amide bonds. The van der Waals surface area contributed by atoms with Crippen LogP contribution in [-0.4, -0.2) is 14.9 Å². The maximum Gasteiger partial charge on any atom is 0.332 e. The quantitative estimate of drug-likeness (QED) is 0.396. The Bertz CT molecular complexity index is 709. The molecule has 10 heteroatoms. The third kappa shape index (κ3) is 3.46. The van der Waals surface area contributed by atoms with Gasteiger partial charge in [-0.2, -0.15) is 4.98 Å². The third-order valence-electron chi connectivity index (χ3n) is 2.55. The highest BCUT2D eigenvalue weighted by Crippen LogP contribution is 2.33. The van der Waals surface area contributed by atoms with Gasteiger partial charge in [0.15, 0.2) is 0 Å². The van der Waals surface area contributed by atoms with Crippen molar-refractivity contribution in [1.29, 1.82) is 0 Å². The van der Waals surface area contributed by atoms with E-state index in [0.717, 1.165) is 8.95 Å².